The molecular weight excluding hydrogens is 535 g/mol. The van der Waals surface area contributed by atoms with Gasteiger partial charge in [0.25, 0.3) is 5.91 Å². The summed E-state index contributed by atoms with van der Waals surface area (Å²) < 4.78 is 54.2. The first-order chi connectivity index (χ1) is 16.5. The second-order valence-electron chi connectivity index (χ2n) is 8.83. The number of anilines is 1. The van der Waals surface area contributed by atoms with Crippen LogP contribution in [0.5, 0.6) is 0 Å². The number of rotatable bonds is 4. The number of hydrogen-bond acceptors (Lipinski definition) is 5. The van der Waals surface area contributed by atoms with Crippen LogP contribution in [0.4, 0.5) is 23.4 Å². The van der Waals surface area contributed by atoms with Gasteiger partial charge in [-0.3, -0.25) is 9.48 Å². The number of nitrogens with zero attached hydrogens (tertiary/aromatic N) is 6. The molecule has 3 aromatic rings. The molecule has 37 heavy (non-hydrogen) atoms. The molecule has 0 N–H and O–H groups in total. The number of benzene rings is 1. The maximum atomic E-state index is 13.3. The molecule has 0 saturated carbocycles. The van der Waals surface area contributed by atoms with Gasteiger partial charge in [-0.1, -0.05) is 0 Å². The summed E-state index contributed by atoms with van der Waals surface area (Å²) in [6.07, 6.45) is -2.45. The minimum Gasteiger partial charge on any atom is -0.355 e. The van der Waals surface area contributed by atoms with E-state index in [0.29, 0.717) is 31.6 Å². The zero-order chi connectivity index (χ0) is 25.5. The Morgan fingerprint density at radius 3 is 2.19 bits per heavy atom. The Balaban J connectivity index is 0.00000241. The van der Waals surface area contributed by atoms with Crippen molar-refractivity contribution in [3.63, 3.8) is 0 Å². The molecule has 1 amide bonds. The average molecular weight is 563 g/mol. The van der Waals surface area contributed by atoms with E-state index < -0.39 is 23.3 Å². The number of hydrogen-bond donors (Lipinski definition) is 0. The monoisotopic (exact) mass is 562 g/mol. The zero-order valence-corrected chi connectivity index (χ0v) is 22.3. The van der Waals surface area contributed by atoms with Crippen molar-refractivity contribution in [1.82, 2.24) is 24.9 Å². The number of aromatic nitrogens is 4. The number of carbonyl (C=O) groups excluding carboxylic acids is 1. The van der Waals surface area contributed by atoms with Crippen molar-refractivity contribution in [2.75, 3.05) is 25.0 Å². The molecule has 7 nitrogen and oxygen atoms in total. The van der Waals surface area contributed by atoms with E-state index in [2.05, 4.69) is 20.2 Å². The van der Waals surface area contributed by atoms with Crippen LogP contribution in [0.1, 0.15) is 40.0 Å². The van der Waals surface area contributed by atoms with Crippen LogP contribution < -0.4 is 4.90 Å². The van der Waals surface area contributed by atoms with E-state index >= 15 is 0 Å². The Hall–Kier alpha value is -2.92. The highest BCUT2D eigenvalue weighted by atomic mass is 35.5. The molecule has 3 heterocycles. The molecule has 1 saturated heterocycles. The number of aryl methyl sites for hydroxylation is 1. The Morgan fingerprint density at radius 2 is 1.62 bits per heavy atom. The predicted octanol–water partition coefficient (Wildman–Crippen LogP) is 5.24. The van der Waals surface area contributed by atoms with Gasteiger partial charge in [-0.25, -0.2) is 4.39 Å². The van der Waals surface area contributed by atoms with Gasteiger partial charge in [0, 0.05) is 45.0 Å². The van der Waals surface area contributed by atoms with Crippen molar-refractivity contribution >= 4 is 36.5 Å². The van der Waals surface area contributed by atoms with E-state index in [4.69, 9.17) is 0 Å². The van der Waals surface area contributed by atoms with Gasteiger partial charge >= 0.3 is 6.18 Å². The molecule has 13 heteroatoms. The van der Waals surface area contributed by atoms with Crippen molar-refractivity contribution in [3.8, 4) is 11.3 Å². The van der Waals surface area contributed by atoms with Crippen LogP contribution in [0.2, 0.25) is 0 Å². The van der Waals surface area contributed by atoms with Crippen molar-refractivity contribution in [2.24, 2.45) is 7.05 Å². The predicted molar refractivity (Wildman–Crippen MR) is 137 cm³/mol. The van der Waals surface area contributed by atoms with Gasteiger partial charge in [-0.05, 0) is 62.1 Å². The molecule has 202 valence electrons. The smallest absolute Gasteiger partial charge is 0.355 e. The molecule has 0 unspecified atom stereocenters. The lowest BCUT2D eigenvalue weighted by atomic mass is 10.0. The zero-order valence-electron chi connectivity index (χ0n) is 20.7. The molecule has 2 aromatic heterocycles. The highest BCUT2D eigenvalue weighted by Gasteiger charge is 2.40. The first kappa shape index (κ1) is 30.3. The lowest BCUT2D eigenvalue weighted by Crippen LogP contribution is -2.46. The maximum absolute atomic E-state index is 13.3. The van der Waals surface area contributed by atoms with Gasteiger partial charge in [0.1, 0.15) is 5.82 Å². The summed E-state index contributed by atoms with van der Waals surface area (Å²) in [5.74, 6) is -0.288. The molecule has 0 aliphatic carbocycles. The van der Waals surface area contributed by atoms with E-state index in [-0.39, 0.29) is 36.7 Å². The van der Waals surface area contributed by atoms with Gasteiger partial charge in [-0.2, -0.15) is 18.3 Å². The molecule has 0 atom stereocenters. The van der Waals surface area contributed by atoms with E-state index in [0.717, 1.165) is 33.4 Å². The Kier molecular flexibility index (Phi) is 9.53. The van der Waals surface area contributed by atoms with Gasteiger partial charge in [0.05, 0.1) is 11.3 Å². The number of carbonyl (C=O) groups is 1. The molecule has 0 radical (unpaired) electrons. The molecular formula is C24H28Cl2F4N6O. The lowest BCUT2D eigenvalue weighted by molar-refractivity contribution is -0.141. The van der Waals surface area contributed by atoms with Crippen molar-refractivity contribution in [2.45, 2.75) is 38.9 Å². The molecule has 4 rings (SSSR count). The normalized spacial score (nSPS) is 14.1. The maximum Gasteiger partial charge on any atom is 0.435 e. The largest absolute Gasteiger partial charge is 0.435 e. The van der Waals surface area contributed by atoms with Crippen LogP contribution in [-0.4, -0.2) is 57.0 Å². The fraction of sp³-hybridized carbons (Fsp3) is 0.417. The highest BCUT2D eigenvalue weighted by molar-refractivity contribution is 5.95. The SMILES string of the molecule is Cc1c(-c2ccc(F)cc2)nnc(N2CCC(N(C)C(=O)c3cn(C)nc3C(F)(F)F)CC2)c1C.Cl.Cl. The van der Waals surface area contributed by atoms with Crippen molar-refractivity contribution < 1.29 is 22.4 Å². The van der Waals surface area contributed by atoms with Gasteiger partial charge in [0.15, 0.2) is 11.5 Å². The summed E-state index contributed by atoms with van der Waals surface area (Å²) in [6, 6.07) is 5.87. The first-order valence-electron chi connectivity index (χ1n) is 11.2. The fourth-order valence-corrected chi connectivity index (χ4v) is 4.45. The summed E-state index contributed by atoms with van der Waals surface area (Å²) >= 11 is 0. The third-order valence-electron chi connectivity index (χ3n) is 6.58. The molecule has 0 bridgehead atoms. The number of halogens is 6. The van der Waals surface area contributed by atoms with Gasteiger partial charge in [-0.15, -0.1) is 35.0 Å². The summed E-state index contributed by atoms with van der Waals surface area (Å²) in [7, 11) is 2.89. The summed E-state index contributed by atoms with van der Waals surface area (Å²) in [5.41, 5.74) is 1.73. The summed E-state index contributed by atoms with van der Waals surface area (Å²) in [5, 5.41) is 12.2. The van der Waals surface area contributed by atoms with Crippen LogP contribution in [0.3, 0.4) is 0 Å². The van der Waals surface area contributed by atoms with E-state index in [1.165, 1.54) is 31.1 Å². The van der Waals surface area contributed by atoms with Gasteiger partial charge in [0.2, 0.25) is 0 Å². The second kappa shape index (κ2) is 11.6. The van der Waals surface area contributed by atoms with E-state index in [1.54, 1.807) is 12.1 Å². The molecule has 1 aromatic carbocycles. The molecule has 1 aliphatic heterocycles. The minimum atomic E-state index is -4.70. The Bertz CT molecular complexity index is 1240. The fourth-order valence-electron chi connectivity index (χ4n) is 4.45. The van der Waals surface area contributed by atoms with Crippen LogP contribution in [0.15, 0.2) is 30.5 Å². The molecule has 0 spiro atoms. The van der Waals surface area contributed by atoms with Crippen LogP contribution in [0, 0.1) is 19.7 Å². The van der Waals surface area contributed by atoms with Crippen molar-refractivity contribution in [1.29, 1.82) is 0 Å². The van der Waals surface area contributed by atoms with Crippen LogP contribution in [0.25, 0.3) is 11.3 Å². The third kappa shape index (κ3) is 6.15. The Morgan fingerprint density at radius 1 is 1.03 bits per heavy atom. The quantitative estimate of drug-likeness (QED) is 0.407. The van der Waals surface area contributed by atoms with Crippen LogP contribution >= 0.6 is 24.8 Å². The summed E-state index contributed by atoms with van der Waals surface area (Å²) in [6.45, 7) is 5.05. The molecule has 1 aliphatic rings. The lowest BCUT2D eigenvalue weighted by Gasteiger charge is -2.37. The van der Waals surface area contributed by atoms with Crippen molar-refractivity contribution in [3.05, 3.63) is 58.7 Å². The van der Waals surface area contributed by atoms with E-state index in [1.807, 2.05) is 13.8 Å². The third-order valence-corrected chi connectivity index (χ3v) is 6.58. The first-order valence-corrected chi connectivity index (χ1v) is 11.2. The molecule has 1 fully saturated rings. The minimum absolute atomic E-state index is 0. The number of amides is 1. The van der Waals surface area contributed by atoms with Crippen LogP contribution in [-0.2, 0) is 13.2 Å². The highest BCUT2D eigenvalue weighted by Crippen LogP contribution is 2.33. The Labute approximate surface area is 224 Å². The van der Waals surface area contributed by atoms with E-state index in [9.17, 15) is 22.4 Å². The summed E-state index contributed by atoms with van der Waals surface area (Å²) in [4.78, 5) is 16.3. The number of piperidine rings is 1. The topological polar surface area (TPSA) is 67.2 Å². The second-order valence-corrected chi connectivity index (χ2v) is 8.83. The average Bonchev–Trinajstić information content (AvgIpc) is 3.23. The standard InChI is InChI=1S/C24H26F4N6O.2ClH/c1-14-15(2)22(30-29-20(14)16-5-7-17(25)8-6-16)34-11-9-18(10-12-34)33(4)23(35)19-13-32(3)31-21(19)24(26,27)28;;/h5-8,13,18H,9-12H2,1-4H3;2*1H. The number of alkyl halides is 3. The van der Waals surface area contributed by atoms with Gasteiger partial charge < -0.3 is 9.80 Å².